The minimum Gasteiger partial charge on any atom is -0.369 e. The molecule has 1 saturated heterocycles. The predicted octanol–water partition coefficient (Wildman–Crippen LogP) is 3.59. The number of piperazine rings is 1. The molecular weight excluding hydrogens is 348 g/mol. The van der Waals surface area contributed by atoms with Gasteiger partial charge in [-0.15, -0.1) is 0 Å². The second kappa shape index (κ2) is 8.89. The Hall–Kier alpha value is -1.56. The summed E-state index contributed by atoms with van der Waals surface area (Å²) >= 11 is 6.11. The highest BCUT2D eigenvalue weighted by Crippen LogP contribution is 2.21. The molecule has 1 aromatic heterocycles. The summed E-state index contributed by atoms with van der Waals surface area (Å²) in [6.07, 6.45) is 1.18. The summed E-state index contributed by atoms with van der Waals surface area (Å²) in [4.78, 5) is 7.34. The Morgan fingerprint density at radius 3 is 2.62 bits per heavy atom. The van der Waals surface area contributed by atoms with Gasteiger partial charge in [-0.3, -0.25) is 4.90 Å². The fraction of sp³-hybridized carbons (Fsp3) is 0.550. The minimum atomic E-state index is 0.811. The summed E-state index contributed by atoms with van der Waals surface area (Å²) in [7, 11) is 2.17. The minimum absolute atomic E-state index is 0.811. The van der Waals surface area contributed by atoms with Crippen LogP contribution in [0, 0.1) is 13.8 Å². The second-order valence-corrected chi connectivity index (χ2v) is 7.64. The largest absolute Gasteiger partial charge is 0.369 e. The van der Waals surface area contributed by atoms with Gasteiger partial charge in [-0.05, 0) is 58.6 Å². The van der Waals surface area contributed by atoms with Crippen LogP contribution in [-0.4, -0.2) is 61.3 Å². The van der Waals surface area contributed by atoms with E-state index in [1.807, 2.05) is 26.0 Å². The van der Waals surface area contributed by atoms with Crippen LogP contribution in [0.5, 0.6) is 0 Å². The molecule has 0 bridgehead atoms. The predicted molar refractivity (Wildman–Crippen MR) is 107 cm³/mol. The van der Waals surface area contributed by atoms with E-state index in [4.69, 9.17) is 16.1 Å². The Bertz CT molecular complexity index is 690. The first-order valence-electron chi connectivity index (χ1n) is 9.36. The van der Waals surface area contributed by atoms with Crippen LogP contribution >= 0.6 is 11.6 Å². The summed E-state index contributed by atoms with van der Waals surface area (Å²) in [5, 5.41) is 4.85. The van der Waals surface area contributed by atoms with Crippen molar-refractivity contribution in [2.75, 3.05) is 51.2 Å². The van der Waals surface area contributed by atoms with Crippen molar-refractivity contribution in [3.8, 4) is 0 Å². The summed E-state index contributed by atoms with van der Waals surface area (Å²) in [6.45, 7) is 11.5. The van der Waals surface area contributed by atoms with Gasteiger partial charge in [0.2, 0.25) is 0 Å². The van der Waals surface area contributed by atoms with Gasteiger partial charge in [0.25, 0.3) is 0 Å². The fourth-order valence-electron chi connectivity index (χ4n) is 3.54. The maximum atomic E-state index is 6.11. The first kappa shape index (κ1) is 19.2. The van der Waals surface area contributed by atoms with Gasteiger partial charge in [0, 0.05) is 49.0 Å². The molecule has 0 radical (unpaired) electrons. The van der Waals surface area contributed by atoms with Crippen LogP contribution in [0.3, 0.4) is 0 Å². The third-order valence-electron chi connectivity index (χ3n) is 5.17. The van der Waals surface area contributed by atoms with E-state index in [1.54, 1.807) is 0 Å². The molecule has 6 heteroatoms. The van der Waals surface area contributed by atoms with Crippen molar-refractivity contribution in [1.29, 1.82) is 0 Å². The summed E-state index contributed by atoms with van der Waals surface area (Å²) in [5.74, 6) is 0.937. The molecule has 0 atom stereocenters. The normalized spacial score (nSPS) is 15.8. The topological polar surface area (TPSA) is 35.8 Å². The van der Waals surface area contributed by atoms with E-state index in [0.29, 0.717) is 0 Å². The van der Waals surface area contributed by atoms with Crippen molar-refractivity contribution in [3.63, 3.8) is 0 Å². The molecule has 0 unspecified atom stereocenters. The van der Waals surface area contributed by atoms with Crippen molar-refractivity contribution < 1.29 is 4.52 Å². The lowest BCUT2D eigenvalue weighted by Crippen LogP contribution is -2.47. The molecule has 142 valence electrons. The molecule has 0 amide bonds. The molecule has 0 aliphatic carbocycles. The van der Waals surface area contributed by atoms with Gasteiger partial charge < -0.3 is 14.3 Å². The van der Waals surface area contributed by atoms with E-state index in [9.17, 15) is 0 Å². The first-order valence-corrected chi connectivity index (χ1v) is 9.74. The standard InChI is InChI=1S/C20H29ClN4O/c1-16-20(17(2)26-22-16)15-23(3)8-5-9-24-10-12-25(13-11-24)19-7-4-6-18(21)14-19/h4,6-7,14H,5,8-13,15H2,1-3H3. The molecule has 0 saturated carbocycles. The second-order valence-electron chi connectivity index (χ2n) is 7.20. The highest BCUT2D eigenvalue weighted by Gasteiger charge is 2.17. The molecule has 1 aliphatic heterocycles. The van der Waals surface area contributed by atoms with Crippen molar-refractivity contribution in [3.05, 3.63) is 46.3 Å². The Kier molecular flexibility index (Phi) is 6.57. The quantitative estimate of drug-likeness (QED) is 0.738. The van der Waals surface area contributed by atoms with Gasteiger partial charge in [0.1, 0.15) is 5.76 Å². The number of hydrogen-bond donors (Lipinski definition) is 0. The summed E-state index contributed by atoms with van der Waals surface area (Å²) in [5.41, 5.74) is 3.46. The smallest absolute Gasteiger partial charge is 0.138 e. The van der Waals surface area contributed by atoms with Gasteiger partial charge in [-0.1, -0.05) is 22.8 Å². The van der Waals surface area contributed by atoms with Crippen LogP contribution in [-0.2, 0) is 6.54 Å². The van der Waals surface area contributed by atoms with Gasteiger partial charge in [-0.2, -0.15) is 0 Å². The van der Waals surface area contributed by atoms with Crippen LogP contribution in [0.1, 0.15) is 23.4 Å². The van der Waals surface area contributed by atoms with E-state index in [2.05, 4.69) is 39.0 Å². The van der Waals surface area contributed by atoms with Gasteiger partial charge in [0.05, 0.1) is 5.69 Å². The summed E-state index contributed by atoms with van der Waals surface area (Å²) in [6, 6.07) is 8.16. The van der Waals surface area contributed by atoms with E-state index in [0.717, 1.165) is 62.3 Å². The Balaban J connectivity index is 1.37. The van der Waals surface area contributed by atoms with E-state index >= 15 is 0 Å². The van der Waals surface area contributed by atoms with Gasteiger partial charge >= 0.3 is 0 Å². The highest BCUT2D eigenvalue weighted by atomic mass is 35.5. The molecule has 0 spiro atoms. The lowest BCUT2D eigenvalue weighted by atomic mass is 10.2. The average Bonchev–Trinajstić information content (AvgIpc) is 2.94. The number of aromatic nitrogens is 1. The molecule has 1 aromatic carbocycles. The fourth-order valence-corrected chi connectivity index (χ4v) is 3.73. The maximum absolute atomic E-state index is 6.11. The van der Waals surface area contributed by atoms with E-state index < -0.39 is 0 Å². The molecular formula is C20H29ClN4O. The zero-order valence-electron chi connectivity index (χ0n) is 16.0. The van der Waals surface area contributed by atoms with Crippen molar-refractivity contribution in [2.24, 2.45) is 0 Å². The molecule has 26 heavy (non-hydrogen) atoms. The van der Waals surface area contributed by atoms with Crippen LogP contribution < -0.4 is 4.90 Å². The number of nitrogens with zero attached hydrogens (tertiary/aromatic N) is 4. The molecule has 1 aliphatic rings. The monoisotopic (exact) mass is 376 g/mol. The zero-order chi connectivity index (χ0) is 18.5. The number of rotatable bonds is 7. The Morgan fingerprint density at radius 2 is 1.96 bits per heavy atom. The number of anilines is 1. The zero-order valence-corrected chi connectivity index (χ0v) is 16.8. The lowest BCUT2D eigenvalue weighted by Gasteiger charge is -2.36. The number of halogens is 1. The average molecular weight is 377 g/mol. The first-order chi connectivity index (χ1) is 12.5. The van der Waals surface area contributed by atoms with Crippen molar-refractivity contribution in [2.45, 2.75) is 26.8 Å². The molecule has 5 nitrogen and oxygen atoms in total. The summed E-state index contributed by atoms with van der Waals surface area (Å²) < 4.78 is 5.25. The van der Waals surface area contributed by atoms with E-state index in [-0.39, 0.29) is 0 Å². The van der Waals surface area contributed by atoms with Gasteiger partial charge in [-0.25, -0.2) is 0 Å². The lowest BCUT2D eigenvalue weighted by molar-refractivity contribution is 0.231. The van der Waals surface area contributed by atoms with Crippen molar-refractivity contribution >= 4 is 17.3 Å². The van der Waals surface area contributed by atoms with Crippen LogP contribution in [0.15, 0.2) is 28.8 Å². The molecule has 1 fully saturated rings. The maximum Gasteiger partial charge on any atom is 0.138 e. The highest BCUT2D eigenvalue weighted by molar-refractivity contribution is 6.30. The number of benzene rings is 1. The molecule has 2 aromatic rings. The third-order valence-corrected chi connectivity index (χ3v) is 5.40. The van der Waals surface area contributed by atoms with Crippen LogP contribution in [0.4, 0.5) is 5.69 Å². The number of hydrogen-bond acceptors (Lipinski definition) is 5. The molecule has 0 N–H and O–H groups in total. The van der Waals surface area contributed by atoms with Crippen LogP contribution in [0.2, 0.25) is 5.02 Å². The Morgan fingerprint density at radius 1 is 1.19 bits per heavy atom. The SMILES string of the molecule is Cc1noc(C)c1CN(C)CCCN1CCN(c2cccc(Cl)c2)CC1. The van der Waals surface area contributed by atoms with Crippen LogP contribution in [0.25, 0.3) is 0 Å². The molecule has 2 heterocycles. The number of aryl methyl sites for hydroxylation is 2. The third kappa shape index (κ3) is 5.00. The van der Waals surface area contributed by atoms with Crippen molar-refractivity contribution in [1.82, 2.24) is 15.0 Å². The Labute approximate surface area is 161 Å². The van der Waals surface area contributed by atoms with E-state index in [1.165, 1.54) is 17.7 Å². The molecule has 3 rings (SSSR count). The van der Waals surface area contributed by atoms with Gasteiger partial charge in [0.15, 0.2) is 0 Å².